The summed E-state index contributed by atoms with van der Waals surface area (Å²) >= 11 is 0. The van der Waals surface area contributed by atoms with Crippen LogP contribution in [0.2, 0.25) is 0 Å². The second-order valence-electron chi connectivity index (χ2n) is 8.76. The molecular formula is C22H33F3N2O4. The summed E-state index contributed by atoms with van der Waals surface area (Å²) in [7, 11) is 0. The van der Waals surface area contributed by atoms with Crippen molar-refractivity contribution >= 4 is 17.7 Å². The number of carbonyl (C=O) groups excluding carboxylic acids is 2. The average Bonchev–Trinajstić information content (AvgIpc) is 2.58. The lowest BCUT2D eigenvalue weighted by Crippen LogP contribution is -2.32. The molecular weight excluding hydrogens is 413 g/mol. The number of carbonyl (C=O) groups is 2. The second kappa shape index (κ2) is 11.9. The van der Waals surface area contributed by atoms with E-state index in [9.17, 15) is 22.8 Å². The van der Waals surface area contributed by atoms with Crippen LogP contribution in [-0.4, -0.2) is 36.9 Å². The van der Waals surface area contributed by atoms with Gasteiger partial charge < -0.3 is 14.8 Å². The summed E-state index contributed by atoms with van der Waals surface area (Å²) in [6, 6.07) is 4.17. The van der Waals surface area contributed by atoms with Gasteiger partial charge in [-0.05, 0) is 76.8 Å². The predicted octanol–water partition coefficient (Wildman–Crippen LogP) is 5.38. The summed E-state index contributed by atoms with van der Waals surface area (Å²) in [5.41, 5.74) is -1.10. The van der Waals surface area contributed by atoms with Crippen molar-refractivity contribution in [2.24, 2.45) is 5.92 Å². The first-order chi connectivity index (χ1) is 14.3. The van der Waals surface area contributed by atoms with Gasteiger partial charge in [0.25, 0.3) is 0 Å². The number of amides is 1. The fourth-order valence-electron chi connectivity index (χ4n) is 2.81. The summed E-state index contributed by atoms with van der Waals surface area (Å²) in [4.78, 5) is 23.8. The highest BCUT2D eigenvalue weighted by Crippen LogP contribution is 2.29. The molecule has 1 aromatic rings. The zero-order valence-corrected chi connectivity index (χ0v) is 18.8. The van der Waals surface area contributed by atoms with Crippen LogP contribution < -0.4 is 10.6 Å². The molecule has 0 aliphatic heterocycles. The molecule has 0 aliphatic carbocycles. The number of halogens is 3. The number of rotatable bonds is 10. The summed E-state index contributed by atoms with van der Waals surface area (Å²) < 4.78 is 48.5. The number of hydrogen-bond acceptors (Lipinski definition) is 5. The van der Waals surface area contributed by atoms with E-state index < -0.39 is 23.4 Å². The SMILES string of the molecule is CC(C)C[C@@H](CCCNCC(=O)OC(C)(C)C)OC(=O)Nc1ccc(C(F)(F)F)cc1. The van der Waals surface area contributed by atoms with E-state index in [1.807, 2.05) is 13.8 Å². The third kappa shape index (κ3) is 12.2. The molecule has 0 unspecified atom stereocenters. The Kier molecular flexibility index (Phi) is 10.3. The Labute approximate surface area is 181 Å². The van der Waals surface area contributed by atoms with Crippen molar-refractivity contribution in [3.63, 3.8) is 0 Å². The van der Waals surface area contributed by atoms with Gasteiger partial charge >= 0.3 is 18.2 Å². The number of anilines is 1. The highest BCUT2D eigenvalue weighted by atomic mass is 19.4. The maximum Gasteiger partial charge on any atom is 0.416 e. The van der Waals surface area contributed by atoms with Crippen molar-refractivity contribution in [1.29, 1.82) is 0 Å². The van der Waals surface area contributed by atoms with Crippen LogP contribution in [0.25, 0.3) is 0 Å². The molecule has 2 N–H and O–H groups in total. The van der Waals surface area contributed by atoms with E-state index in [0.29, 0.717) is 31.7 Å². The van der Waals surface area contributed by atoms with E-state index in [1.54, 1.807) is 20.8 Å². The van der Waals surface area contributed by atoms with Crippen LogP contribution in [0.15, 0.2) is 24.3 Å². The monoisotopic (exact) mass is 446 g/mol. The van der Waals surface area contributed by atoms with E-state index in [-0.39, 0.29) is 24.3 Å². The third-order valence-corrected chi connectivity index (χ3v) is 4.04. The van der Waals surface area contributed by atoms with E-state index in [0.717, 1.165) is 12.1 Å². The largest absolute Gasteiger partial charge is 0.459 e. The van der Waals surface area contributed by atoms with Gasteiger partial charge in [0.05, 0.1) is 12.1 Å². The topological polar surface area (TPSA) is 76.7 Å². The van der Waals surface area contributed by atoms with E-state index in [4.69, 9.17) is 9.47 Å². The number of esters is 1. The van der Waals surface area contributed by atoms with Gasteiger partial charge in [0.1, 0.15) is 11.7 Å². The van der Waals surface area contributed by atoms with E-state index >= 15 is 0 Å². The lowest BCUT2D eigenvalue weighted by atomic mass is 10.0. The average molecular weight is 447 g/mol. The Morgan fingerprint density at radius 2 is 1.68 bits per heavy atom. The van der Waals surface area contributed by atoms with Gasteiger partial charge in [-0.15, -0.1) is 0 Å². The third-order valence-electron chi connectivity index (χ3n) is 4.04. The maximum atomic E-state index is 12.6. The van der Waals surface area contributed by atoms with Gasteiger partial charge in [-0.1, -0.05) is 13.8 Å². The van der Waals surface area contributed by atoms with Crippen molar-refractivity contribution < 1.29 is 32.2 Å². The van der Waals surface area contributed by atoms with Crippen LogP contribution in [0.4, 0.5) is 23.7 Å². The molecule has 0 aromatic heterocycles. The van der Waals surface area contributed by atoms with Gasteiger partial charge in [0.15, 0.2) is 0 Å². The zero-order chi connectivity index (χ0) is 23.7. The first-order valence-corrected chi connectivity index (χ1v) is 10.3. The Bertz CT molecular complexity index is 698. The molecule has 0 bridgehead atoms. The number of alkyl halides is 3. The van der Waals surface area contributed by atoms with Crippen molar-refractivity contribution in [1.82, 2.24) is 5.32 Å². The summed E-state index contributed by atoms with van der Waals surface area (Å²) in [5, 5.41) is 5.46. The van der Waals surface area contributed by atoms with E-state index in [1.165, 1.54) is 12.1 Å². The Morgan fingerprint density at radius 3 is 2.19 bits per heavy atom. The van der Waals surface area contributed by atoms with Crippen molar-refractivity contribution in [3.8, 4) is 0 Å². The maximum absolute atomic E-state index is 12.6. The van der Waals surface area contributed by atoms with Crippen LogP contribution in [0.1, 0.15) is 59.4 Å². The molecule has 9 heteroatoms. The molecule has 0 radical (unpaired) electrons. The first-order valence-electron chi connectivity index (χ1n) is 10.3. The van der Waals surface area contributed by atoms with Crippen LogP contribution in [0, 0.1) is 5.92 Å². The fraction of sp³-hybridized carbons (Fsp3) is 0.636. The number of nitrogens with one attached hydrogen (secondary N) is 2. The summed E-state index contributed by atoms with van der Waals surface area (Å²) in [5.74, 6) is -0.0445. The van der Waals surface area contributed by atoms with Gasteiger partial charge in [0, 0.05) is 5.69 Å². The van der Waals surface area contributed by atoms with Crippen molar-refractivity contribution in [2.45, 2.75) is 71.8 Å². The predicted molar refractivity (Wildman–Crippen MR) is 113 cm³/mol. The number of ether oxygens (including phenoxy) is 2. The molecule has 0 spiro atoms. The smallest absolute Gasteiger partial charge is 0.416 e. The minimum Gasteiger partial charge on any atom is -0.459 e. The number of hydrogen-bond donors (Lipinski definition) is 2. The lowest BCUT2D eigenvalue weighted by molar-refractivity contribution is -0.153. The lowest BCUT2D eigenvalue weighted by Gasteiger charge is -2.21. The minimum atomic E-state index is -4.43. The van der Waals surface area contributed by atoms with Crippen molar-refractivity contribution in [2.75, 3.05) is 18.4 Å². The Hall–Kier alpha value is -2.29. The molecule has 1 amide bonds. The van der Waals surface area contributed by atoms with Crippen LogP contribution >= 0.6 is 0 Å². The molecule has 1 atom stereocenters. The molecule has 1 aromatic carbocycles. The van der Waals surface area contributed by atoms with Crippen LogP contribution in [0.5, 0.6) is 0 Å². The van der Waals surface area contributed by atoms with Gasteiger partial charge in [-0.3, -0.25) is 10.1 Å². The minimum absolute atomic E-state index is 0.0986. The molecule has 0 fully saturated rings. The van der Waals surface area contributed by atoms with Gasteiger partial charge in [-0.2, -0.15) is 13.2 Å². The Balaban J connectivity index is 2.45. The normalized spacial score (nSPS) is 13.1. The molecule has 0 saturated heterocycles. The number of benzene rings is 1. The molecule has 31 heavy (non-hydrogen) atoms. The molecule has 6 nitrogen and oxygen atoms in total. The second-order valence-corrected chi connectivity index (χ2v) is 8.76. The molecule has 1 rings (SSSR count). The summed E-state index contributed by atoms with van der Waals surface area (Å²) in [6.07, 6.45) is -3.59. The Morgan fingerprint density at radius 1 is 1.06 bits per heavy atom. The van der Waals surface area contributed by atoms with Gasteiger partial charge in [-0.25, -0.2) is 4.79 Å². The fourth-order valence-corrected chi connectivity index (χ4v) is 2.81. The molecule has 0 aliphatic rings. The molecule has 0 heterocycles. The van der Waals surface area contributed by atoms with Gasteiger partial charge in [0.2, 0.25) is 0 Å². The van der Waals surface area contributed by atoms with Crippen molar-refractivity contribution in [3.05, 3.63) is 29.8 Å². The van der Waals surface area contributed by atoms with E-state index in [2.05, 4.69) is 10.6 Å². The van der Waals surface area contributed by atoms with Crippen LogP contribution in [-0.2, 0) is 20.4 Å². The highest BCUT2D eigenvalue weighted by molar-refractivity contribution is 5.84. The quantitative estimate of drug-likeness (QED) is 0.373. The molecule has 0 saturated carbocycles. The summed E-state index contributed by atoms with van der Waals surface area (Å²) in [6.45, 7) is 10.1. The first kappa shape index (κ1) is 26.7. The van der Waals surface area contributed by atoms with Crippen LogP contribution in [0.3, 0.4) is 0 Å². The zero-order valence-electron chi connectivity index (χ0n) is 18.8. The molecule has 176 valence electrons. The standard InChI is InChI=1S/C22H33F3N2O4/c1-15(2)13-18(7-6-12-26-14-19(28)31-21(3,4)5)30-20(29)27-17-10-8-16(9-11-17)22(23,24)25/h8-11,15,18,26H,6-7,12-14H2,1-5H3,(H,27,29)/t18-/m1/s1. The highest BCUT2D eigenvalue weighted by Gasteiger charge is 2.30.